The summed E-state index contributed by atoms with van der Waals surface area (Å²) in [6, 6.07) is 0.595. The zero-order valence-corrected chi connectivity index (χ0v) is 18.7. The van der Waals surface area contributed by atoms with Crippen molar-refractivity contribution in [1.82, 2.24) is 19.6 Å². The summed E-state index contributed by atoms with van der Waals surface area (Å²) < 4.78 is 14.2. The van der Waals surface area contributed by atoms with E-state index in [0.717, 1.165) is 58.8 Å². The third-order valence-corrected chi connectivity index (χ3v) is 6.02. The van der Waals surface area contributed by atoms with Crippen LogP contribution in [0, 0.1) is 0 Å². The van der Waals surface area contributed by atoms with Crippen LogP contribution in [-0.2, 0) is 4.79 Å². The van der Waals surface area contributed by atoms with E-state index < -0.39 is 0 Å². The minimum atomic E-state index is -0.135. The summed E-state index contributed by atoms with van der Waals surface area (Å²) in [5.74, 6) is 0.0960. The highest BCUT2D eigenvalue weighted by molar-refractivity contribution is 5.78. The van der Waals surface area contributed by atoms with Crippen molar-refractivity contribution in [3.05, 3.63) is 35.8 Å². The lowest BCUT2D eigenvalue weighted by Crippen LogP contribution is -2.54. The summed E-state index contributed by atoms with van der Waals surface area (Å²) in [6.07, 6.45) is 9.17. The molecule has 0 aromatic rings. The number of rotatable bonds is 5. The molecule has 0 spiro atoms. The van der Waals surface area contributed by atoms with Crippen LogP contribution < -0.4 is 0 Å². The summed E-state index contributed by atoms with van der Waals surface area (Å²) in [5.41, 5.74) is 0.677. The van der Waals surface area contributed by atoms with Gasteiger partial charge in [-0.25, -0.2) is 4.39 Å². The Hall–Kier alpha value is -1.66. The molecule has 2 fully saturated rings. The van der Waals surface area contributed by atoms with Crippen molar-refractivity contribution >= 4 is 5.91 Å². The summed E-state index contributed by atoms with van der Waals surface area (Å²) in [6.45, 7) is 15.7. The smallest absolute Gasteiger partial charge is 0.236 e. The number of halogens is 1. The normalized spacial score (nSPS) is 22.2. The van der Waals surface area contributed by atoms with E-state index in [1.165, 1.54) is 0 Å². The van der Waals surface area contributed by atoms with Crippen molar-refractivity contribution < 1.29 is 9.18 Å². The van der Waals surface area contributed by atoms with E-state index in [9.17, 15) is 9.18 Å². The lowest BCUT2D eigenvalue weighted by atomic mass is 10.2. The van der Waals surface area contributed by atoms with Gasteiger partial charge in [-0.15, -0.1) is 0 Å². The van der Waals surface area contributed by atoms with Crippen LogP contribution in [0.5, 0.6) is 0 Å². The van der Waals surface area contributed by atoms with Gasteiger partial charge in [0.2, 0.25) is 5.91 Å². The van der Waals surface area contributed by atoms with Crippen LogP contribution in [0.2, 0.25) is 0 Å². The van der Waals surface area contributed by atoms with Crippen molar-refractivity contribution in [3.8, 4) is 0 Å². The molecule has 6 heteroatoms. The molecule has 0 radical (unpaired) electrons. The maximum Gasteiger partial charge on any atom is 0.236 e. The van der Waals surface area contributed by atoms with Gasteiger partial charge in [-0.2, -0.15) is 0 Å². The van der Waals surface area contributed by atoms with Gasteiger partial charge in [-0.05, 0) is 31.9 Å². The molecular formula is C23H39FN4O. The van der Waals surface area contributed by atoms with Crippen LogP contribution >= 0.6 is 0 Å². The molecule has 5 nitrogen and oxygen atoms in total. The Bertz CT molecular complexity index is 600. The molecular weight excluding hydrogens is 367 g/mol. The van der Waals surface area contributed by atoms with Crippen molar-refractivity contribution in [1.29, 1.82) is 0 Å². The molecule has 1 atom stereocenters. The highest BCUT2D eigenvalue weighted by Gasteiger charge is 2.27. The second-order valence-electron chi connectivity index (χ2n) is 7.71. The van der Waals surface area contributed by atoms with Gasteiger partial charge >= 0.3 is 0 Å². The minimum Gasteiger partial charge on any atom is -0.367 e. The van der Waals surface area contributed by atoms with Gasteiger partial charge < -0.3 is 9.80 Å². The predicted octanol–water partition coefficient (Wildman–Crippen LogP) is 3.27. The van der Waals surface area contributed by atoms with Gasteiger partial charge in [0.05, 0.1) is 12.2 Å². The summed E-state index contributed by atoms with van der Waals surface area (Å²) in [7, 11) is 0. The van der Waals surface area contributed by atoms with E-state index >= 15 is 0 Å². The Morgan fingerprint density at radius 3 is 2.34 bits per heavy atom. The standard InChI is InChI=1S/C21H33FN4O.C2H6/c1-3-18(2)24-13-15-26(16-14-24)21(27)17-23-9-11-25(12-10-23)20-8-6-4-5-7-19(20)22;1-2/h4,6-8,18H,3,5,9-17H2,1-2H3;1-2H3. The number of nitrogens with zero attached hydrogens (tertiary/aromatic N) is 4. The van der Waals surface area contributed by atoms with Crippen LogP contribution in [0.25, 0.3) is 0 Å². The molecule has 29 heavy (non-hydrogen) atoms. The first-order valence-corrected chi connectivity index (χ1v) is 11.3. The fraction of sp³-hybridized carbons (Fsp3) is 0.696. The molecule has 0 saturated carbocycles. The second-order valence-corrected chi connectivity index (χ2v) is 7.71. The van der Waals surface area contributed by atoms with Crippen LogP contribution in [0.1, 0.15) is 40.5 Å². The Labute approximate surface area is 176 Å². The number of hydrogen-bond donors (Lipinski definition) is 0. The van der Waals surface area contributed by atoms with Gasteiger partial charge in [-0.3, -0.25) is 14.6 Å². The number of hydrogen-bond acceptors (Lipinski definition) is 4. The van der Waals surface area contributed by atoms with E-state index in [4.69, 9.17) is 0 Å². The Morgan fingerprint density at radius 2 is 1.72 bits per heavy atom. The number of allylic oxidation sites excluding steroid dienone is 5. The Morgan fingerprint density at radius 1 is 1.07 bits per heavy atom. The number of carbonyl (C=O) groups excluding carboxylic acids is 1. The SMILES string of the molecule is CC.CCC(C)N1CCN(C(=O)CN2CCN(C3=CC=CCC=C3F)CC2)CC1. The number of piperazine rings is 2. The maximum absolute atomic E-state index is 14.2. The fourth-order valence-corrected chi connectivity index (χ4v) is 3.96. The molecule has 2 saturated heterocycles. The fourth-order valence-electron chi connectivity index (χ4n) is 3.96. The minimum absolute atomic E-state index is 0.135. The Balaban J connectivity index is 0.00000145. The lowest BCUT2D eigenvalue weighted by molar-refractivity contribution is -0.134. The third-order valence-electron chi connectivity index (χ3n) is 6.02. The largest absolute Gasteiger partial charge is 0.367 e. The number of carbonyl (C=O) groups is 1. The maximum atomic E-state index is 14.2. The molecule has 0 N–H and O–H groups in total. The van der Waals surface area contributed by atoms with Gasteiger partial charge in [0.1, 0.15) is 5.83 Å². The molecule has 1 aliphatic carbocycles. The average Bonchev–Trinajstić information content (AvgIpc) is 2.99. The van der Waals surface area contributed by atoms with Gasteiger partial charge in [0, 0.05) is 58.4 Å². The monoisotopic (exact) mass is 406 g/mol. The molecule has 1 unspecified atom stereocenters. The molecule has 3 rings (SSSR count). The number of amides is 1. The first-order valence-electron chi connectivity index (χ1n) is 11.3. The van der Waals surface area contributed by atoms with Crippen molar-refractivity contribution in [2.75, 3.05) is 58.9 Å². The predicted molar refractivity (Wildman–Crippen MR) is 118 cm³/mol. The average molecular weight is 407 g/mol. The van der Waals surface area contributed by atoms with E-state index in [2.05, 4.69) is 28.5 Å². The highest BCUT2D eigenvalue weighted by atomic mass is 19.1. The molecule has 2 heterocycles. The highest BCUT2D eigenvalue weighted by Crippen LogP contribution is 2.21. The zero-order valence-electron chi connectivity index (χ0n) is 18.7. The molecule has 3 aliphatic rings. The molecule has 0 aromatic carbocycles. The van der Waals surface area contributed by atoms with Crippen molar-refractivity contribution in [2.24, 2.45) is 0 Å². The Kier molecular flexibility index (Phi) is 9.88. The lowest BCUT2D eigenvalue weighted by Gasteiger charge is -2.40. The van der Waals surface area contributed by atoms with Crippen LogP contribution in [0.15, 0.2) is 35.8 Å². The van der Waals surface area contributed by atoms with Crippen LogP contribution in [-0.4, -0.2) is 90.5 Å². The van der Waals surface area contributed by atoms with Crippen molar-refractivity contribution in [2.45, 2.75) is 46.6 Å². The first-order chi connectivity index (χ1) is 14.1. The van der Waals surface area contributed by atoms with Gasteiger partial charge in [0.15, 0.2) is 0 Å². The molecule has 1 amide bonds. The van der Waals surface area contributed by atoms with Crippen molar-refractivity contribution in [3.63, 3.8) is 0 Å². The van der Waals surface area contributed by atoms with E-state index in [1.54, 1.807) is 6.08 Å². The third kappa shape index (κ3) is 6.68. The molecule has 0 aromatic heterocycles. The zero-order chi connectivity index (χ0) is 21.2. The molecule has 2 aliphatic heterocycles. The summed E-state index contributed by atoms with van der Waals surface area (Å²) >= 11 is 0. The van der Waals surface area contributed by atoms with Gasteiger partial charge in [0.25, 0.3) is 0 Å². The van der Waals surface area contributed by atoms with Crippen LogP contribution in [0.3, 0.4) is 0 Å². The summed E-state index contributed by atoms with van der Waals surface area (Å²) in [5, 5.41) is 0. The first kappa shape index (κ1) is 23.6. The second kappa shape index (κ2) is 12.1. The molecule has 164 valence electrons. The van der Waals surface area contributed by atoms with Gasteiger partial charge in [-0.1, -0.05) is 32.9 Å². The topological polar surface area (TPSA) is 30.0 Å². The van der Waals surface area contributed by atoms with E-state index in [0.29, 0.717) is 24.7 Å². The van der Waals surface area contributed by atoms with Crippen LogP contribution in [0.4, 0.5) is 4.39 Å². The van der Waals surface area contributed by atoms with E-state index in [-0.39, 0.29) is 11.7 Å². The van der Waals surface area contributed by atoms with E-state index in [1.807, 2.05) is 37.0 Å². The quantitative estimate of drug-likeness (QED) is 0.701. The molecule has 0 bridgehead atoms. The summed E-state index contributed by atoms with van der Waals surface area (Å²) in [4.78, 5) is 21.4.